The maximum atomic E-state index is 13.2. The second-order valence-electron chi connectivity index (χ2n) is 8.84. The fourth-order valence-corrected chi connectivity index (χ4v) is 3.37. The van der Waals surface area contributed by atoms with Crippen molar-refractivity contribution in [2.75, 3.05) is 6.54 Å². The first-order valence-corrected chi connectivity index (χ1v) is 12.1. The fraction of sp³-hybridized carbons (Fsp3) is 0.591. The van der Waals surface area contributed by atoms with Gasteiger partial charge in [0.1, 0.15) is 18.1 Å². The minimum absolute atomic E-state index is 0.0478. The molecule has 0 aromatic carbocycles. The van der Waals surface area contributed by atoms with Gasteiger partial charge in [0.05, 0.1) is 18.8 Å². The monoisotopic (exact) mass is 538 g/mol. The molecule has 1 heterocycles. The molecule has 0 aliphatic rings. The molecule has 13 N–H and O–H groups in total. The van der Waals surface area contributed by atoms with Crippen molar-refractivity contribution in [1.29, 1.82) is 0 Å². The lowest BCUT2D eigenvalue weighted by atomic mass is 9.98. The number of hydrogen-bond donors (Lipinski definition) is 9. The number of nitrogens with zero attached hydrogens (tertiary/aromatic N) is 2. The number of aliphatic imine (C=N–C) groups is 1. The first-order chi connectivity index (χ1) is 17.8. The van der Waals surface area contributed by atoms with Gasteiger partial charge < -0.3 is 49.0 Å². The first-order valence-electron chi connectivity index (χ1n) is 12.1. The Labute approximate surface area is 219 Å². The molecule has 1 rings (SSSR count). The van der Waals surface area contributed by atoms with Crippen molar-refractivity contribution in [3.05, 3.63) is 18.2 Å². The van der Waals surface area contributed by atoms with Crippen molar-refractivity contribution in [2.45, 2.75) is 70.1 Å². The van der Waals surface area contributed by atoms with Gasteiger partial charge in [0.15, 0.2) is 5.96 Å². The van der Waals surface area contributed by atoms with Crippen molar-refractivity contribution in [3.63, 3.8) is 0 Å². The van der Waals surface area contributed by atoms with E-state index in [9.17, 15) is 29.1 Å². The smallest absolute Gasteiger partial charge is 0.326 e. The molecule has 212 valence electrons. The Hall–Kier alpha value is -4.21. The van der Waals surface area contributed by atoms with Gasteiger partial charge in [0.2, 0.25) is 23.6 Å². The van der Waals surface area contributed by atoms with E-state index in [0.717, 1.165) is 0 Å². The summed E-state index contributed by atoms with van der Waals surface area (Å²) in [5.41, 5.74) is 22.2. The molecule has 5 atom stereocenters. The van der Waals surface area contributed by atoms with Crippen molar-refractivity contribution in [3.8, 4) is 0 Å². The Morgan fingerprint density at radius 1 is 1.05 bits per heavy atom. The van der Waals surface area contributed by atoms with Gasteiger partial charge in [-0.1, -0.05) is 20.3 Å². The second-order valence-corrected chi connectivity index (χ2v) is 8.84. The molecule has 0 radical (unpaired) electrons. The Balaban J connectivity index is 3.02. The van der Waals surface area contributed by atoms with Crippen LogP contribution in [0.3, 0.4) is 0 Å². The van der Waals surface area contributed by atoms with E-state index in [1.54, 1.807) is 13.8 Å². The summed E-state index contributed by atoms with van der Waals surface area (Å²) >= 11 is 0. The van der Waals surface area contributed by atoms with Crippen molar-refractivity contribution in [1.82, 2.24) is 25.9 Å². The third-order valence-corrected chi connectivity index (χ3v) is 5.73. The van der Waals surface area contributed by atoms with Crippen LogP contribution in [-0.2, 0) is 30.4 Å². The Kier molecular flexibility index (Phi) is 13.2. The van der Waals surface area contributed by atoms with Crippen LogP contribution in [0, 0.1) is 5.92 Å². The number of carboxylic acids is 1. The third-order valence-electron chi connectivity index (χ3n) is 5.73. The Bertz CT molecular complexity index is 979. The highest BCUT2D eigenvalue weighted by Crippen LogP contribution is 2.09. The number of rotatable bonds is 17. The number of aromatic nitrogens is 2. The SMILES string of the molecule is CCC(C)C(NC(=O)C(CC(N)=O)NC(=O)C(Cc1cnc[nH]1)NC(=O)C(N)CCCN=C(N)N)C(=O)O. The van der Waals surface area contributed by atoms with Crippen molar-refractivity contribution < 1.29 is 29.1 Å². The molecular formula is C22H38N10O6. The van der Waals surface area contributed by atoms with Crippen molar-refractivity contribution >= 4 is 35.6 Å². The number of amides is 4. The van der Waals surface area contributed by atoms with E-state index < -0.39 is 66.1 Å². The van der Waals surface area contributed by atoms with E-state index in [4.69, 9.17) is 22.9 Å². The summed E-state index contributed by atoms with van der Waals surface area (Å²) in [6.07, 6.45) is 3.26. The number of aromatic amines is 1. The number of aliphatic carboxylic acids is 1. The molecule has 16 heteroatoms. The summed E-state index contributed by atoms with van der Waals surface area (Å²) in [6, 6.07) is -4.95. The number of carbonyl (C=O) groups excluding carboxylic acids is 4. The van der Waals surface area contributed by atoms with Crippen LogP contribution < -0.4 is 38.9 Å². The average molecular weight is 539 g/mol. The number of primary amides is 1. The largest absolute Gasteiger partial charge is 0.480 e. The van der Waals surface area contributed by atoms with E-state index in [1.807, 2.05) is 0 Å². The highest BCUT2D eigenvalue weighted by atomic mass is 16.4. The molecule has 1 aromatic rings. The molecule has 0 spiro atoms. The summed E-state index contributed by atoms with van der Waals surface area (Å²) in [4.78, 5) is 72.5. The third kappa shape index (κ3) is 11.2. The predicted octanol–water partition coefficient (Wildman–Crippen LogP) is -3.21. The van der Waals surface area contributed by atoms with E-state index in [1.165, 1.54) is 12.5 Å². The summed E-state index contributed by atoms with van der Waals surface area (Å²) in [5.74, 6) is -5.07. The highest BCUT2D eigenvalue weighted by molar-refractivity contribution is 5.96. The van der Waals surface area contributed by atoms with Crippen LogP contribution in [0.15, 0.2) is 17.5 Å². The number of carboxylic acid groups (broad SMARTS) is 1. The van der Waals surface area contributed by atoms with Crippen molar-refractivity contribution in [2.24, 2.45) is 33.8 Å². The average Bonchev–Trinajstić information content (AvgIpc) is 3.36. The van der Waals surface area contributed by atoms with Crippen LogP contribution in [0.25, 0.3) is 0 Å². The molecule has 0 fully saturated rings. The molecule has 1 aromatic heterocycles. The van der Waals surface area contributed by atoms with Gasteiger partial charge in [-0.25, -0.2) is 9.78 Å². The lowest BCUT2D eigenvalue weighted by Crippen LogP contribution is -2.58. The van der Waals surface area contributed by atoms with Crippen LogP contribution >= 0.6 is 0 Å². The second kappa shape index (κ2) is 15.8. The Morgan fingerprint density at radius 2 is 1.68 bits per heavy atom. The predicted molar refractivity (Wildman–Crippen MR) is 137 cm³/mol. The summed E-state index contributed by atoms with van der Waals surface area (Å²) < 4.78 is 0. The van der Waals surface area contributed by atoms with Crippen LogP contribution in [0.5, 0.6) is 0 Å². The Morgan fingerprint density at radius 3 is 2.21 bits per heavy atom. The molecule has 0 aliphatic carbocycles. The lowest BCUT2D eigenvalue weighted by molar-refractivity contribution is -0.144. The quantitative estimate of drug-likeness (QED) is 0.0543. The zero-order chi connectivity index (χ0) is 28.8. The fourth-order valence-electron chi connectivity index (χ4n) is 3.37. The van der Waals surface area contributed by atoms with Crippen LogP contribution in [-0.4, -0.2) is 81.3 Å². The van der Waals surface area contributed by atoms with Gasteiger partial charge in [-0.2, -0.15) is 0 Å². The number of hydrogen-bond acceptors (Lipinski definition) is 8. The summed E-state index contributed by atoms with van der Waals surface area (Å²) in [5, 5.41) is 16.7. The van der Waals surface area contributed by atoms with E-state index in [-0.39, 0.29) is 25.3 Å². The number of nitrogens with one attached hydrogen (secondary N) is 4. The molecule has 0 saturated heterocycles. The molecule has 5 unspecified atom stereocenters. The van der Waals surface area contributed by atoms with E-state index >= 15 is 0 Å². The lowest BCUT2D eigenvalue weighted by Gasteiger charge is -2.26. The minimum atomic E-state index is -1.49. The zero-order valence-electron chi connectivity index (χ0n) is 21.5. The van der Waals surface area contributed by atoms with Gasteiger partial charge in [-0.15, -0.1) is 0 Å². The standard InChI is InChI=1S/C22H38N10O6/c1-3-11(2)17(21(37)38)32-20(36)15(8-16(24)33)31-19(35)14(7-12-9-27-10-29-12)30-18(34)13(23)5-4-6-28-22(25)26/h9-11,13-15,17H,3-8,23H2,1-2H3,(H2,24,33)(H,27,29)(H,30,34)(H,31,35)(H,32,36)(H,37,38)(H4,25,26,28). The van der Waals surface area contributed by atoms with E-state index in [0.29, 0.717) is 18.5 Å². The molecule has 4 amide bonds. The number of carbonyl (C=O) groups is 5. The number of H-pyrrole nitrogens is 1. The first kappa shape index (κ1) is 31.8. The molecule has 16 nitrogen and oxygen atoms in total. The summed E-state index contributed by atoms with van der Waals surface area (Å²) in [6.45, 7) is 3.65. The number of guanidine groups is 1. The molecule has 38 heavy (non-hydrogen) atoms. The van der Waals surface area contributed by atoms with Gasteiger partial charge in [0, 0.05) is 24.9 Å². The van der Waals surface area contributed by atoms with E-state index in [2.05, 4.69) is 30.9 Å². The minimum Gasteiger partial charge on any atom is -0.480 e. The topological polar surface area (TPSA) is 287 Å². The number of nitrogens with two attached hydrogens (primary N) is 4. The van der Waals surface area contributed by atoms with Crippen LogP contribution in [0.1, 0.15) is 45.2 Å². The summed E-state index contributed by atoms with van der Waals surface area (Å²) in [7, 11) is 0. The van der Waals surface area contributed by atoms with Gasteiger partial charge in [-0.05, 0) is 18.8 Å². The van der Waals surface area contributed by atoms with Crippen LogP contribution in [0.4, 0.5) is 0 Å². The maximum absolute atomic E-state index is 13.2. The van der Waals surface area contributed by atoms with Gasteiger partial charge >= 0.3 is 5.97 Å². The van der Waals surface area contributed by atoms with Gasteiger partial charge in [0.25, 0.3) is 0 Å². The zero-order valence-corrected chi connectivity index (χ0v) is 21.5. The molecule has 0 saturated carbocycles. The van der Waals surface area contributed by atoms with Crippen LogP contribution in [0.2, 0.25) is 0 Å². The van der Waals surface area contributed by atoms with Gasteiger partial charge in [-0.3, -0.25) is 24.2 Å². The molecular weight excluding hydrogens is 500 g/mol. The number of imidazole rings is 1. The molecule has 0 aliphatic heterocycles. The maximum Gasteiger partial charge on any atom is 0.326 e. The normalized spacial score (nSPS) is 14.7. The highest BCUT2D eigenvalue weighted by Gasteiger charge is 2.33. The molecule has 0 bridgehead atoms.